The highest BCUT2D eigenvalue weighted by Gasteiger charge is 2.63. The van der Waals surface area contributed by atoms with Gasteiger partial charge < -0.3 is 10.2 Å². The lowest BCUT2D eigenvalue weighted by atomic mass is 9.46. The zero-order valence-electron chi connectivity index (χ0n) is 27.5. The van der Waals surface area contributed by atoms with Crippen LogP contribution in [-0.2, 0) is 9.84 Å². The summed E-state index contributed by atoms with van der Waals surface area (Å²) in [6, 6.07) is 8.71. The van der Waals surface area contributed by atoms with Gasteiger partial charge in [0.1, 0.15) is 0 Å². The maximum absolute atomic E-state index is 14.3. The fourth-order valence-electron chi connectivity index (χ4n) is 10.8. The van der Waals surface area contributed by atoms with Gasteiger partial charge in [0.05, 0.1) is 15.7 Å². The summed E-state index contributed by atoms with van der Waals surface area (Å²) in [5.41, 5.74) is -3.07. The van der Waals surface area contributed by atoms with Crippen LogP contribution < -0.4 is 0 Å². The summed E-state index contributed by atoms with van der Waals surface area (Å²) < 4.78 is 69.9. The SMILES string of the molecule is CC1(C)CCC(O)(CC(CC2CCC3C4CC=C5CC(O)(C(F)(F)F)CCC5(C)C4CCC23C)S(=O)(=O)c2ccccc2)CC1. The third kappa shape index (κ3) is 5.75. The molecule has 4 nitrogen and oxygen atoms in total. The highest BCUT2D eigenvalue weighted by atomic mass is 32.2. The number of aliphatic hydroxyl groups is 2. The molecule has 0 radical (unpaired) electrons. The van der Waals surface area contributed by atoms with Crippen LogP contribution in [0.2, 0.25) is 0 Å². The lowest BCUT2D eigenvalue weighted by Crippen LogP contribution is -2.55. The molecule has 4 saturated carbocycles. The van der Waals surface area contributed by atoms with Crippen LogP contribution in [0.15, 0.2) is 46.9 Å². The predicted octanol–water partition coefficient (Wildman–Crippen LogP) is 8.81. The minimum atomic E-state index is -4.63. The molecule has 1 aromatic carbocycles. The van der Waals surface area contributed by atoms with Gasteiger partial charge in [0, 0.05) is 6.42 Å². The van der Waals surface area contributed by atoms with E-state index in [1.807, 2.05) is 12.1 Å². The van der Waals surface area contributed by atoms with Crippen LogP contribution >= 0.6 is 0 Å². The van der Waals surface area contributed by atoms with Crippen molar-refractivity contribution in [1.29, 1.82) is 0 Å². The Hall–Kier alpha value is -1.38. The Bertz CT molecular complexity index is 1390. The van der Waals surface area contributed by atoms with Crippen molar-refractivity contribution < 1.29 is 31.8 Å². The van der Waals surface area contributed by atoms with Crippen LogP contribution in [-0.4, -0.2) is 41.3 Å². The molecule has 5 aliphatic carbocycles. The molecule has 4 fully saturated rings. The second kappa shape index (κ2) is 11.1. The molecular formula is C37H53F3O4S. The topological polar surface area (TPSA) is 74.6 Å². The Morgan fingerprint density at radius 2 is 1.53 bits per heavy atom. The number of sulfone groups is 1. The Balaban J connectivity index is 1.25. The molecule has 6 rings (SSSR count). The van der Waals surface area contributed by atoms with E-state index < -0.39 is 32.5 Å². The van der Waals surface area contributed by atoms with E-state index in [9.17, 15) is 31.8 Å². The average molecular weight is 651 g/mol. The van der Waals surface area contributed by atoms with Crippen LogP contribution in [0.25, 0.3) is 0 Å². The van der Waals surface area contributed by atoms with Gasteiger partial charge in [0.2, 0.25) is 0 Å². The van der Waals surface area contributed by atoms with E-state index in [4.69, 9.17) is 0 Å². The van der Waals surface area contributed by atoms with Gasteiger partial charge in [-0.05, 0) is 136 Å². The molecule has 0 spiro atoms. The first-order valence-corrected chi connectivity index (χ1v) is 18.9. The second-order valence-corrected chi connectivity index (χ2v) is 19.3. The van der Waals surface area contributed by atoms with Crippen molar-refractivity contribution in [2.45, 2.75) is 145 Å². The molecule has 5 aliphatic rings. The highest BCUT2D eigenvalue weighted by Crippen LogP contribution is 2.68. The normalized spacial score (nSPS) is 40.1. The summed E-state index contributed by atoms with van der Waals surface area (Å²) >= 11 is 0. The van der Waals surface area contributed by atoms with E-state index in [0.717, 1.165) is 50.5 Å². The first kappa shape index (κ1) is 33.5. The van der Waals surface area contributed by atoms with E-state index >= 15 is 0 Å². The van der Waals surface area contributed by atoms with Gasteiger partial charge in [-0.2, -0.15) is 13.2 Å². The summed E-state index contributed by atoms with van der Waals surface area (Å²) in [6.45, 7) is 8.91. The molecule has 2 N–H and O–H groups in total. The van der Waals surface area contributed by atoms with Crippen LogP contribution in [0.5, 0.6) is 0 Å². The summed E-state index contributed by atoms with van der Waals surface area (Å²) in [4.78, 5) is 0.326. The van der Waals surface area contributed by atoms with E-state index in [1.165, 1.54) is 0 Å². The van der Waals surface area contributed by atoms with Gasteiger partial charge >= 0.3 is 6.18 Å². The maximum Gasteiger partial charge on any atom is 0.417 e. The molecule has 8 heteroatoms. The zero-order valence-corrected chi connectivity index (χ0v) is 28.3. The molecule has 1 aromatic rings. The number of rotatable bonds is 6. The fourth-order valence-corrected chi connectivity index (χ4v) is 12.8. The fraction of sp³-hybridized carbons (Fsp3) is 0.784. The summed E-state index contributed by atoms with van der Waals surface area (Å²) in [6.07, 6.45) is 5.48. The number of alkyl halides is 3. The summed E-state index contributed by atoms with van der Waals surface area (Å²) in [5.74, 6) is 1.23. The van der Waals surface area contributed by atoms with Crippen LogP contribution in [0.1, 0.15) is 118 Å². The third-order valence-electron chi connectivity index (χ3n) is 14.1. The zero-order chi connectivity index (χ0) is 32.7. The van der Waals surface area contributed by atoms with E-state index in [2.05, 4.69) is 27.7 Å². The number of benzene rings is 1. The second-order valence-electron chi connectivity index (χ2n) is 17.1. The number of halogens is 3. The van der Waals surface area contributed by atoms with Crippen molar-refractivity contribution in [3.8, 4) is 0 Å². The van der Waals surface area contributed by atoms with E-state index in [-0.39, 0.29) is 47.3 Å². The Labute approximate surface area is 268 Å². The van der Waals surface area contributed by atoms with Crippen molar-refractivity contribution in [2.75, 3.05) is 0 Å². The Morgan fingerprint density at radius 3 is 2.18 bits per heavy atom. The molecule has 0 saturated heterocycles. The molecule has 0 amide bonds. The molecule has 8 unspecified atom stereocenters. The molecule has 252 valence electrons. The van der Waals surface area contributed by atoms with Crippen molar-refractivity contribution in [3.63, 3.8) is 0 Å². The first-order chi connectivity index (χ1) is 20.8. The Morgan fingerprint density at radius 1 is 0.867 bits per heavy atom. The van der Waals surface area contributed by atoms with E-state index in [1.54, 1.807) is 24.3 Å². The molecule has 45 heavy (non-hydrogen) atoms. The van der Waals surface area contributed by atoms with E-state index in [0.29, 0.717) is 42.4 Å². The summed E-state index contributed by atoms with van der Waals surface area (Å²) in [7, 11) is -3.68. The maximum atomic E-state index is 14.3. The van der Waals surface area contributed by atoms with Crippen molar-refractivity contribution in [1.82, 2.24) is 0 Å². The van der Waals surface area contributed by atoms with Crippen molar-refractivity contribution in [3.05, 3.63) is 42.0 Å². The monoisotopic (exact) mass is 650 g/mol. The van der Waals surface area contributed by atoms with Gasteiger partial charge in [-0.15, -0.1) is 0 Å². The molecule has 0 aromatic heterocycles. The standard InChI is InChI=1S/C37H53F3O4S/c1-32(2)16-19-35(41,20-17-32)24-28(45(43,44)27-8-6-5-7-9-27)22-25-11-13-30-29-12-10-26-23-36(42,37(38,39)40)21-18-34(26,4)31(29)14-15-33(25,30)3/h5-10,25,28-31,41-42H,11-24H2,1-4H3. The van der Waals surface area contributed by atoms with Gasteiger partial charge in [-0.1, -0.05) is 57.5 Å². The minimum absolute atomic E-state index is 0.0497. The van der Waals surface area contributed by atoms with Crippen LogP contribution in [0.3, 0.4) is 0 Å². The summed E-state index contributed by atoms with van der Waals surface area (Å²) in [5, 5.41) is 21.7. The minimum Gasteiger partial charge on any atom is -0.390 e. The number of fused-ring (bicyclic) bond motifs is 5. The molecule has 0 aliphatic heterocycles. The van der Waals surface area contributed by atoms with Gasteiger partial charge in [-0.25, -0.2) is 8.42 Å². The predicted molar refractivity (Wildman–Crippen MR) is 170 cm³/mol. The Kier molecular flexibility index (Phi) is 8.25. The van der Waals surface area contributed by atoms with Crippen LogP contribution in [0, 0.1) is 39.9 Å². The first-order valence-electron chi connectivity index (χ1n) is 17.3. The molecule has 8 atom stereocenters. The number of hydrogen-bond donors (Lipinski definition) is 2. The largest absolute Gasteiger partial charge is 0.417 e. The number of hydrogen-bond acceptors (Lipinski definition) is 4. The number of allylic oxidation sites excluding steroid dienone is 1. The molecule has 0 bridgehead atoms. The van der Waals surface area contributed by atoms with Gasteiger partial charge in [0.25, 0.3) is 0 Å². The van der Waals surface area contributed by atoms with Gasteiger partial charge in [0.15, 0.2) is 15.4 Å². The molecule has 0 heterocycles. The lowest BCUT2D eigenvalue weighted by molar-refractivity contribution is -0.271. The lowest BCUT2D eigenvalue weighted by Gasteiger charge is -2.59. The van der Waals surface area contributed by atoms with Crippen LogP contribution in [0.4, 0.5) is 13.2 Å². The molecular weight excluding hydrogens is 597 g/mol. The third-order valence-corrected chi connectivity index (χ3v) is 16.3. The highest BCUT2D eigenvalue weighted by molar-refractivity contribution is 7.92. The smallest absolute Gasteiger partial charge is 0.390 e. The van der Waals surface area contributed by atoms with Gasteiger partial charge in [-0.3, -0.25) is 0 Å². The quantitative estimate of drug-likeness (QED) is 0.302. The average Bonchev–Trinajstić information content (AvgIpc) is 3.31. The van der Waals surface area contributed by atoms with Crippen molar-refractivity contribution >= 4 is 9.84 Å². The van der Waals surface area contributed by atoms with Crippen molar-refractivity contribution in [2.24, 2.45) is 39.9 Å².